The molecular weight excluding hydrogens is 371 g/mol. The molecule has 0 spiro atoms. The summed E-state index contributed by atoms with van der Waals surface area (Å²) in [5.41, 5.74) is -0.359. The molecule has 1 aromatic heterocycles. The van der Waals surface area contributed by atoms with E-state index in [1.54, 1.807) is 19.1 Å². The first-order valence-corrected chi connectivity index (χ1v) is 9.45. The van der Waals surface area contributed by atoms with Gasteiger partial charge in [0.15, 0.2) is 15.5 Å². The Bertz CT molecular complexity index is 889. The molecule has 0 N–H and O–H groups in total. The van der Waals surface area contributed by atoms with Gasteiger partial charge in [0.1, 0.15) is 6.54 Å². The zero-order chi connectivity index (χ0) is 19.7. The molecule has 10 heteroatoms. The number of amides is 1. The van der Waals surface area contributed by atoms with Gasteiger partial charge in [-0.2, -0.15) is 18.3 Å². The molecule has 1 unspecified atom stereocenters. The molecule has 6 nitrogen and oxygen atoms in total. The number of nitrogens with zero attached hydrogens (tertiary/aromatic N) is 3. The summed E-state index contributed by atoms with van der Waals surface area (Å²) in [4.78, 5) is 13.8. The molecule has 2 rings (SSSR count). The van der Waals surface area contributed by atoms with E-state index in [9.17, 15) is 26.4 Å². The van der Waals surface area contributed by atoms with Crippen LogP contribution in [-0.4, -0.2) is 42.3 Å². The number of aromatic nitrogens is 2. The largest absolute Gasteiger partial charge is 0.435 e. The molecule has 0 radical (unpaired) electrons. The van der Waals surface area contributed by atoms with E-state index in [-0.39, 0.29) is 11.4 Å². The van der Waals surface area contributed by atoms with E-state index in [1.165, 1.54) is 24.1 Å². The van der Waals surface area contributed by atoms with Crippen LogP contribution in [-0.2, 0) is 27.4 Å². The molecule has 0 fully saturated rings. The second-order valence-corrected chi connectivity index (χ2v) is 7.93. The zero-order valence-electron chi connectivity index (χ0n) is 14.4. The van der Waals surface area contributed by atoms with Gasteiger partial charge in [0, 0.05) is 19.5 Å². The molecule has 0 saturated heterocycles. The third-order valence-electron chi connectivity index (χ3n) is 3.99. The van der Waals surface area contributed by atoms with E-state index in [0.29, 0.717) is 5.56 Å². The molecule has 142 valence electrons. The van der Waals surface area contributed by atoms with Crippen molar-refractivity contribution in [1.82, 2.24) is 14.7 Å². The lowest BCUT2D eigenvalue weighted by Crippen LogP contribution is -2.32. The molecule has 0 aliphatic carbocycles. The first-order chi connectivity index (χ1) is 11.9. The van der Waals surface area contributed by atoms with Gasteiger partial charge in [-0.3, -0.25) is 9.48 Å². The van der Waals surface area contributed by atoms with Crippen LogP contribution in [0.25, 0.3) is 0 Å². The van der Waals surface area contributed by atoms with E-state index >= 15 is 0 Å². The maximum atomic E-state index is 12.5. The number of rotatable bonds is 5. The summed E-state index contributed by atoms with van der Waals surface area (Å²) in [5.74, 6) is -0.429. The number of carbonyl (C=O) groups excluding carboxylic acids is 1. The number of halogens is 3. The van der Waals surface area contributed by atoms with E-state index in [2.05, 4.69) is 5.10 Å². The van der Waals surface area contributed by atoms with Crippen LogP contribution in [0.2, 0.25) is 0 Å². The summed E-state index contributed by atoms with van der Waals surface area (Å²) < 4.78 is 61.5. The Kier molecular flexibility index (Phi) is 5.45. The number of hydrogen-bond acceptors (Lipinski definition) is 4. The van der Waals surface area contributed by atoms with Crippen LogP contribution in [0.4, 0.5) is 13.2 Å². The monoisotopic (exact) mass is 389 g/mol. The molecule has 1 atom stereocenters. The average molecular weight is 389 g/mol. The van der Waals surface area contributed by atoms with Crippen LogP contribution in [0.15, 0.2) is 41.4 Å². The summed E-state index contributed by atoms with van der Waals surface area (Å²) in [6.45, 7) is 1.40. The zero-order valence-corrected chi connectivity index (χ0v) is 15.2. The van der Waals surface area contributed by atoms with Crippen molar-refractivity contribution in [3.63, 3.8) is 0 Å². The number of likely N-dealkylation sites (N-methyl/N-ethyl adjacent to an activating group) is 1. The lowest BCUT2D eigenvalue weighted by molar-refractivity contribution is -0.142. The maximum absolute atomic E-state index is 12.5. The third-order valence-corrected chi connectivity index (χ3v) is 5.12. The summed E-state index contributed by atoms with van der Waals surface area (Å²) in [6.07, 6.45) is -2.37. The molecule has 2 aromatic rings. The maximum Gasteiger partial charge on any atom is 0.435 e. The Balaban J connectivity index is 2.08. The van der Waals surface area contributed by atoms with Gasteiger partial charge >= 0.3 is 6.18 Å². The Labute approximate surface area is 149 Å². The molecule has 1 aromatic carbocycles. The normalized spacial score (nSPS) is 13.5. The predicted molar refractivity (Wildman–Crippen MR) is 88.0 cm³/mol. The lowest BCUT2D eigenvalue weighted by atomic mass is 10.1. The average Bonchev–Trinajstić information content (AvgIpc) is 3.01. The van der Waals surface area contributed by atoms with Crippen LogP contribution in [0.3, 0.4) is 0 Å². The van der Waals surface area contributed by atoms with Crippen molar-refractivity contribution in [2.45, 2.75) is 30.6 Å². The van der Waals surface area contributed by atoms with Gasteiger partial charge in [0.2, 0.25) is 5.91 Å². The second kappa shape index (κ2) is 7.10. The fourth-order valence-electron chi connectivity index (χ4n) is 2.28. The Hall–Kier alpha value is -2.36. The van der Waals surface area contributed by atoms with Crippen LogP contribution < -0.4 is 0 Å². The minimum Gasteiger partial charge on any atom is -0.337 e. The highest BCUT2D eigenvalue weighted by molar-refractivity contribution is 7.90. The van der Waals surface area contributed by atoms with Crippen molar-refractivity contribution in [2.24, 2.45) is 0 Å². The molecule has 1 heterocycles. The highest BCUT2D eigenvalue weighted by atomic mass is 32.2. The van der Waals surface area contributed by atoms with Gasteiger partial charge in [0.25, 0.3) is 0 Å². The van der Waals surface area contributed by atoms with Gasteiger partial charge in [-0.1, -0.05) is 12.1 Å². The standard InChI is InChI=1S/C16H18F3N3O3S/c1-11(12-4-6-13(7-5-12)26(3,24)25)21(2)15(23)10-22-9-8-14(20-22)16(17,18)19/h4-9,11H,10H2,1-3H3. The first-order valence-electron chi connectivity index (χ1n) is 7.56. The van der Waals surface area contributed by atoms with E-state index < -0.39 is 33.7 Å². The van der Waals surface area contributed by atoms with Crippen LogP contribution in [0.5, 0.6) is 0 Å². The summed E-state index contributed by atoms with van der Waals surface area (Å²) in [7, 11) is -1.80. The summed E-state index contributed by atoms with van der Waals surface area (Å²) in [6, 6.07) is 6.50. The number of sulfone groups is 1. The fourth-order valence-corrected chi connectivity index (χ4v) is 2.91. The van der Waals surface area contributed by atoms with E-state index in [0.717, 1.165) is 23.2 Å². The van der Waals surface area contributed by atoms with Crippen LogP contribution in [0.1, 0.15) is 24.2 Å². The lowest BCUT2D eigenvalue weighted by Gasteiger charge is -2.25. The minimum atomic E-state index is -4.56. The molecule has 0 aliphatic heterocycles. The fraction of sp³-hybridized carbons (Fsp3) is 0.375. The second-order valence-electron chi connectivity index (χ2n) is 5.92. The van der Waals surface area contributed by atoms with Crippen molar-refractivity contribution < 1.29 is 26.4 Å². The van der Waals surface area contributed by atoms with Crippen molar-refractivity contribution in [1.29, 1.82) is 0 Å². The summed E-state index contributed by atoms with van der Waals surface area (Å²) in [5, 5.41) is 3.35. The van der Waals surface area contributed by atoms with Gasteiger partial charge in [0.05, 0.1) is 10.9 Å². The van der Waals surface area contributed by atoms with E-state index in [4.69, 9.17) is 0 Å². The van der Waals surface area contributed by atoms with Crippen LogP contribution >= 0.6 is 0 Å². The van der Waals surface area contributed by atoms with Crippen molar-refractivity contribution >= 4 is 15.7 Å². The van der Waals surface area contributed by atoms with Gasteiger partial charge in [-0.05, 0) is 30.7 Å². The number of alkyl halides is 3. The summed E-state index contributed by atoms with van der Waals surface area (Å²) >= 11 is 0. The SMILES string of the molecule is CC(c1ccc(S(C)(=O)=O)cc1)N(C)C(=O)Cn1ccc(C(F)(F)F)n1. The van der Waals surface area contributed by atoms with Crippen molar-refractivity contribution in [3.8, 4) is 0 Å². The Morgan fingerprint density at radius 3 is 2.27 bits per heavy atom. The predicted octanol–water partition coefficient (Wildman–Crippen LogP) is 2.53. The molecule has 0 saturated carbocycles. The van der Waals surface area contributed by atoms with Crippen LogP contribution in [0, 0.1) is 0 Å². The third kappa shape index (κ3) is 4.63. The Morgan fingerprint density at radius 1 is 1.23 bits per heavy atom. The smallest absolute Gasteiger partial charge is 0.337 e. The van der Waals surface area contributed by atoms with Crippen molar-refractivity contribution in [2.75, 3.05) is 13.3 Å². The molecular formula is C16H18F3N3O3S. The number of carbonyl (C=O) groups is 1. The first kappa shape index (κ1) is 20.0. The highest BCUT2D eigenvalue weighted by Crippen LogP contribution is 2.27. The Morgan fingerprint density at radius 2 is 1.81 bits per heavy atom. The van der Waals surface area contributed by atoms with E-state index in [1.807, 2.05) is 0 Å². The topological polar surface area (TPSA) is 72.3 Å². The molecule has 0 aliphatic rings. The molecule has 0 bridgehead atoms. The van der Waals surface area contributed by atoms with Gasteiger partial charge < -0.3 is 4.90 Å². The number of hydrogen-bond donors (Lipinski definition) is 0. The highest BCUT2D eigenvalue weighted by Gasteiger charge is 2.33. The van der Waals surface area contributed by atoms with Gasteiger partial charge in [-0.25, -0.2) is 8.42 Å². The minimum absolute atomic E-state index is 0.165. The molecule has 26 heavy (non-hydrogen) atoms. The number of benzene rings is 1. The molecule has 1 amide bonds. The quantitative estimate of drug-likeness (QED) is 0.788. The van der Waals surface area contributed by atoms with Crippen molar-refractivity contribution in [3.05, 3.63) is 47.8 Å². The van der Waals surface area contributed by atoms with Gasteiger partial charge in [-0.15, -0.1) is 0 Å².